The highest BCUT2D eigenvalue weighted by molar-refractivity contribution is 7.90. The van der Waals surface area contributed by atoms with E-state index in [-0.39, 0.29) is 6.04 Å². The van der Waals surface area contributed by atoms with Gasteiger partial charge in [0.25, 0.3) is 0 Å². The fourth-order valence-electron chi connectivity index (χ4n) is 5.36. The van der Waals surface area contributed by atoms with Gasteiger partial charge in [-0.1, -0.05) is 36.4 Å². The molecular formula is C26H34F2N2O2S. The Morgan fingerprint density at radius 2 is 1.67 bits per heavy atom. The molecule has 180 valence electrons. The van der Waals surface area contributed by atoms with E-state index < -0.39 is 21.7 Å². The SMILES string of the molecule is CC(F)(F)C1CCC(CN2CCN(c3cccc(S(C)(=O)=O)c3)C[C@@H]2c2ccccc2)CC1. The lowest BCUT2D eigenvalue weighted by Gasteiger charge is -2.45. The number of benzene rings is 2. The fraction of sp³-hybridized carbons (Fsp3) is 0.538. The summed E-state index contributed by atoms with van der Waals surface area (Å²) in [5, 5.41) is 0. The maximum absolute atomic E-state index is 13.7. The van der Waals surface area contributed by atoms with Crippen molar-refractivity contribution in [1.29, 1.82) is 0 Å². The number of sulfone groups is 1. The summed E-state index contributed by atoms with van der Waals surface area (Å²) in [7, 11) is -3.27. The van der Waals surface area contributed by atoms with Crippen LogP contribution in [-0.2, 0) is 9.84 Å². The quantitative estimate of drug-likeness (QED) is 0.559. The van der Waals surface area contributed by atoms with Crippen molar-refractivity contribution in [3.05, 3.63) is 60.2 Å². The summed E-state index contributed by atoms with van der Waals surface area (Å²) in [6, 6.07) is 17.7. The van der Waals surface area contributed by atoms with Crippen LogP contribution in [0.2, 0.25) is 0 Å². The van der Waals surface area contributed by atoms with Gasteiger partial charge in [-0.15, -0.1) is 0 Å². The number of rotatable bonds is 6. The maximum atomic E-state index is 13.7. The van der Waals surface area contributed by atoms with Crippen LogP contribution < -0.4 is 4.90 Å². The van der Waals surface area contributed by atoms with Crippen molar-refractivity contribution in [2.45, 2.75) is 49.5 Å². The molecule has 1 saturated heterocycles. The lowest BCUT2D eigenvalue weighted by atomic mass is 9.79. The number of hydrogen-bond donors (Lipinski definition) is 0. The molecule has 7 heteroatoms. The van der Waals surface area contributed by atoms with Gasteiger partial charge in [-0.05, 0) is 62.3 Å². The molecule has 1 aliphatic heterocycles. The summed E-state index contributed by atoms with van der Waals surface area (Å²) < 4.78 is 51.5. The third kappa shape index (κ3) is 5.93. The molecule has 0 unspecified atom stereocenters. The first kappa shape index (κ1) is 24.1. The van der Waals surface area contributed by atoms with E-state index in [2.05, 4.69) is 21.9 Å². The predicted octanol–water partition coefficient (Wildman–Crippen LogP) is 5.42. The molecule has 0 N–H and O–H groups in total. The highest BCUT2D eigenvalue weighted by atomic mass is 32.2. The van der Waals surface area contributed by atoms with Gasteiger partial charge < -0.3 is 4.90 Å². The molecule has 2 fully saturated rings. The normalized spacial score (nSPS) is 25.2. The molecule has 2 aliphatic rings. The monoisotopic (exact) mass is 476 g/mol. The molecule has 2 aromatic carbocycles. The molecular weight excluding hydrogens is 442 g/mol. The minimum Gasteiger partial charge on any atom is -0.368 e. The summed E-state index contributed by atoms with van der Waals surface area (Å²) in [6.45, 7) is 4.39. The van der Waals surface area contributed by atoms with Crippen LogP contribution in [0.4, 0.5) is 14.5 Å². The molecule has 4 rings (SSSR count). The Hall–Kier alpha value is -1.99. The van der Waals surface area contributed by atoms with Crippen molar-refractivity contribution in [3.63, 3.8) is 0 Å². The third-order valence-electron chi connectivity index (χ3n) is 7.34. The molecule has 0 bridgehead atoms. The van der Waals surface area contributed by atoms with Crippen molar-refractivity contribution in [2.75, 3.05) is 37.3 Å². The Balaban J connectivity index is 1.50. The highest BCUT2D eigenvalue weighted by Gasteiger charge is 2.38. The summed E-state index contributed by atoms with van der Waals surface area (Å²) in [5.74, 6) is -2.63. The van der Waals surface area contributed by atoms with E-state index >= 15 is 0 Å². The lowest BCUT2D eigenvalue weighted by molar-refractivity contribution is -0.0597. The van der Waals surface area contributed by atoms with Gasteiger partial charge in [-0.3, -0.25) is 4.90 Å². The second-order valence-corrected chi connectivity index (χ2v) is 11.8. The van der Waals surface area contributed by atoms with Crippen molar-refractivity contribution < 1.29 is 17.2 Å². The van der Waals surface area contributed by atoms with Crippen molar-refractivity contribution in [3.8, 4) is 0 Å². The molecule has 0 spiro atoms. The Morgan fingerprint density at radius 3 is 2.30 bits per heavy atom. The van der Waals surface area contributed by atoms with Crippen LogP contribution in [0.5, 0.6) is 0 Å². The summed E-state index contributed by atoms with van der Waals surface area (Å²) >= 11 is 0. The number of anilines is 1. The minimum atomic E-state index is -3.27. The van der Waals surface area contributed by atoms with Gasteiger partial charge >= 0.3 is 0 Å². The Labute approximate surface area is 196 Å². The van der Waals surface area contributed by atoms with E-state index in [1.54, 1.807) is 18.2 Å². The van der Waals surface area contributed by atoms with Gasteiger partial charge in [0.15, 0.2) is 9.84 Å². The number of halogens is 2. The first-order valence-electron chi connectivity index (χ1n) is 11.8. The fourth-order valence-corrected chi connectivity index (χ4v) is 6.02. The van der Waals surface area contributed by atoms with Crippen LogP contribution in [0.25, 0.3) is 0 Å². The Bertz CT molecular complexity index is 1030. The van der Waals surface area contributed by atoms with Crippen LogP contribution in [0.15, 0.2) is 59.5 Å². The van der Waals surface area contributed by atoms with Gasteiger partial charge in [0.2, 0.25) is 5.92 Å². The summed E-state index contributed by atoms with van der Waals surface area (Å²) in [6.07, 6.45) is 4.14. The molecule has 1 aliphatic carbocycles. The summed E-state index contributed by atoms with van der Waals surface area (Å²) in [5.41, 5.74) is 2.15. The van der Waals surface area contributed by atoms with Crippen LogP contribution in [-0.4, -0.2) is 51.7 Å². The van der Waals surface area contributed by atoms with Crippen LogP contribution in [0.1, 0.15) is 44.2 Å². The highest BCUT2D eigenvalue weighted by Crippen LogP contribution is 2.40. The third-order valence-corrected chi connectivity index (χ3v) is 8.45. The molecule has 0 radical (unpaired) electrons. The Morgan fingerprint density at radius 1 is 0.970 bits per heavy atom. The number of nitrogens with zero attached hydrogens (tertiary/aromatic N) is 2. The summed E-state index contributed by atoms with van der Waals surface area (Å²) in [4.78, 5) is 5.10. The van der Waals surface area contributed by atoms with Crippen molar-refractivity contribution in [1.82, 2.24) is 4.90 Å². The van der Waals surface area contributed by atoms with Gasteiger partial charge in [-0.25, -0.2) is 17.2 Å². The molecule has 0 aromatic heterocycles. The molecule has 1 atom stereocenters. The van der Waals surface area contributed by atoms with E-state index in [0.717, 1.165) is 51.6 Å². The van der Waals surface area contributed by atoms with E-state index in [1.807, 2.05) is 24.3 Å². The van der Waals surface area contributed by atoms with Crippen molar-refractivity contribution in [2.24, 2.45) is 11.8 Å². The minimum absolute atomic E-state index is 0.173. The van der Waals surface area contributed by atoms with Gasteiger partial charge in [-0.2, -0.15) is 0 Å². The number of hydrogen-bond acceptors (Lipinski definition) is 4. The first-order chi connectivity index (χ1) is 15.6. The molecule has 0 amide bonds. The van der Waals surface area contributed by atoms with E-state index in [1.165, 1.54) is 11.8 Å². The van der Waals surface area contributed by atoms with Gasteiger partial charge in [0.1, 0.15) is 0 Å². The lowest BCUT2D eigenvalue weighted by Crippen LogP contribution is -2.50. The van der Waals surface area contributed by atoms with Crippen molar-refractivity contribution >= 4 is 15.5 Å². The molecule has 4 nitrogen and oxygen atoms in total. The van der Waals surface area contributed by atoms with Gasteiger partial charge in [0.05, 0.1) is 10.9 Å². The van der Waals surface area contributed by atoms with Crippen LogP contribution in [0, 0.1) is 11.8 Å². The second kappa shape index (κ2) is 9.71. The molecule has 33 heavy (non-hydrogen) atoms. The van der Waals surface area contributed by atoms with Gasteiger partial charge in [0, 0.05) is 44.0 Å². The second-order valence-electron chi connectivity index (χ2n) is 9.81. The zero-order chi connectivity index (χ0) is 23.6. The van der Waals surface area contributed by atoms with Crippen LogP contribution in [0.3, 0.4) is 0 Å². The van der Waals surface area contributed by atoms with E-state index in [9.17, 15) is 17.2 Å². The molecule has 1 heterocycles. The number of piperazine rings is 1. The first-order valence-corrected chi connectivity index (χ1v) is 13.7. The maximum Gasteiger partial charge on any atom is 0.248 e. The van der Waals surface area contributed by atoms with E-state index in [0.29, 0.717) is 23.7 Å². The molecule has 2 aromatic rings. The zero-order valence-corrected chi connectivity index (χ0v) is 20.3. The molecule has 1 saturated carbocycles. The zero-order valence-electron chi connectivity index (χ0n) is 19.5. The Kier molecular flexibility index (Phi) is 7.10. The largest absolute Gasteiger partial charge is 0.368 e. The average Bonchev–Trinajstić information content (AvgIpc) is 2.79. The predicted molar refractivity (Wildman–Crippen MR) is 129 cm³/mol. The van der Waals surface area contributed by atoms with E-state index in [4.69, 9.17) is 0 Å². The number of alkyl halides is 2. The topological polar surface area (TPSA) is 40.6 Å². The smallest absolute Gasteiger partial charge is 0.248 e. The standard InChI is InChI=1S/C26H34F2N2O2S/c1-26(27,28)22-13-11-20(12-14-22)18-30-16-15-29(19-25(30)21-7-4-3-5-8-21)23-9-6-10-24(17-23)33(2,31)32/h3-10,17,20,22,25H,11-16,18-19H2,1-2H3/t20?,22?,25-/m1/s1. The average molecular weight is 477 g/mol. The van der Waals surface area contributed by atoms with Crippen LogP contribution >= 0.6 is 0 Å².